The summed E-state index contributed by atoms with van der Waals surface area (Å²) in [4.78, 5) is 2.56. The molecule has 0 saturated heterocycles. The van der Waals surface area contributed by atoms with E-state index in [0.29, 0.717) is 12.0 Å². The second-order valence-corrected chi connectivity index (χ2v) is 4.82. The van der Waals surface area contributed by atoms with Crippen LogP contribution < -0.4 is 5.73 Å². The molecule has 0 spiro atoms. The van der Waals surface area contributed by atoms with Gasteiger partial charge in [0.1, 0.15) is 0 Å². The molecular weight excluding hydrogens is 200 g/mol. The van der Waals surface area contributed by atoms with Crippen molar-refractivity contribution in [2.24, 2.45) is 11.7 Å². The summed E-state index contributed by atoms with van der Waals surface area (Å²) >= 11 is 0. The molecule has 0 aromatic rings. The van der Waals surface area contributed by atoms with Crippen LogP contribution in [-0.4, -0.2) is 44.3 Å². The van der Waals surface area contributed by atoms with Crippen molar-refractivity contribution in [3.8, 4) is 0 Å². The summed E-state index contributed by atoms with van der Waals surface area (Å²) in [5, 5.41) is 0. The van der Waals surface area contributed by atoms with E-state index in [1.165, 1.54) is 32.1 Å². The van der Waals surface area contributed by atoms with Crippen molar-refractivity contribution >= 4 is 0 Å². The van der Waals surface area contributed by atoms with Gasteiger partial charge < -0.3 is 10.5 Å². The number of nitrogens with two attached hydrogens (primary N) is 1. The molecule has 0 aromatic carbocycles. The van der Waals surface area contributed by atoms with Gasteiger partial charge in [-0.3, -0.25) is 4.90 Å². The first-order valence-electron chi connectivity index (χ1n) is 6.76. The number of nitrogens with zero attached hydrogens (tertiary/aromatic N) is 1. The lowest BCUT2D eigenvalue weighted by Gasteiger charge is -2.35. The molecule has 2 atom stereocenters. The SMILES string of the molecule is CCN(CCOC)C1CCCCCC1CN. The molecule has 0 amide bonds. The fourth-order valence-corrected chi connectivity index (χ4v) is 2.89. The molecule has 1 saturated carbocycles. The van der Waals surface area contributed by atoms with Gasteiger partial charge in [0.15, 0.2) is 0 Å². The lowest BCUT2D eigenvalue weighted by atomic mass is 9.93. The average Bonchev–Trinajstić information content (AvgIpc) is 2.55. The van der Waals surface area contributed by atoms with Crippen LogP contribution in [0.2, 0.25) is 0 Å². The lowest BCUT2D eigenvalue weighted by molar-refractivity contribution is 0.0946. The van der Waals surface area contributed by atoms with Gasteiger partial charge in [0.2, 0.25) is 0 Å². The van der Waals surface area contributed by atoms with Crippen LogP contribution in [0, 0.1) is 5.92 Å². The molecule has 1 aliphatic rings. The van der Waals surface area contributed by atoms with Crippen molar-refractivity contribution in [3.05, 3.63) is 0 Å². The fourth-order valence-electron chi connectivity index (χ4n) is 2.89. The van der Waals surface area contributed by atoms with E-state index in [0.717, 1.165) is 26.2 Å². The third-order valence-corrected chi connectivity index (χ3v) is 3.88. The Morgan fingerprint density at radius 1 is 1.25 bits per heavy atom. The highest BCUT2D eigenvalue weighted by Gasteiger charge is 2.26. The Bertz CT molecular complexity index is 175. The maximum atomic E-state index is 5.93. The first-order chi connectivity index (χ1) is 7.83. The Morgan fingerprint density at radius 2 is 2.00 bits per heavy atom. The van der Waals surface area contributed by atoms with Gasteiger partial charge in [-0.25, -0.2) is 0 Å². The van der Waals surface area contributed by atoms with Crippen LogP contribution in [-0.2, 0) is 4.74 Å². The number of hydrogen-bond acceptors (Lipinski definition) is 3. The quantitative estimate of drug-likeness (QED) is 0.705. The number of rotatable bonds is 6. The van der Waals surface area contributed by atoms with E-state index in [2.05, 4.69) is 11.8 Å². The highest BCUT2D eigenvalue weighted by atomic mass is 16.5. The molecule has 0 radical (unpaired) electrons. The molecular formula is C13H28N2O. The van der Waals surface area contributed by atoms with Crippen molar-refractivity contribution in [1.29, 1.82) is 0 Å². The molecule has 96 valence electrons. The zero-order chi connectivity index (χ0) is 11.8. The highest BCUT2D eigenvalue weighted by Crippen LogP contribution is 2.26. The second-order valence-electron chi connectivity index (χ2n) is 4.82. The third-order valence-electron chi connectivity index (χ3n) is 3.88. The topological polar surface area (TPSA) is 38.5 Å². The van der Waals surface area contributed by atoms with Crippen molar-refractivity contribution in [1.82, 2.24) is 4.90 Å². The summed E-state index contributed by atoms with van der Waals surface area (Å²) in [6, 6.07) is 0.688. The van der Waals surface area contributed by atoms with E-state index in [-0.39, 0.29) is 0 Å². The van der Waals surface area contributed by atoms with Gasteiger partial charge in [-0.2, -0.15) is 0 Å². The van der Waals surface area contributed by atoms with Crippen molar-refractivity contribution in [2.45, 2.75) is 45.1 Å². The average molecular weight is 228 g/mol. The van der Waals surface area contributed by atoms with Crippen LogP contribution in [0.15, 0.2) is 0 Å². The minimum Gasteiger partial charge on any atom is -0.383 e. The molecule has 3 heteroatoms. The molecule has 0 heterocycles. The summed E-state index contributed by atoms with van der Waals surface area (Å²) in [5.74, 6) is 0.694. The fraction of sp³-hybridized carbons (Fsp3) is 1.00. The normalized spacial score (nSPS) is 27.0. The number of ether oxygens (including phenoxy) is 1. The second kappa shape index (κ2) is 8.04. The summed E-state index contributed by atoms with van der Waals surface area (Å²) < 4.78 is 5.19. The molecule has 0 bridgehead atoms. The molecule has 2 unspecified atom stereocenters. The van der Waals surface area contributed by atoms with Gasteiger partial charge in [0, 0.05) is 19.7 Å². The smallest absolute Gasteiger partial charge is 0.0589 e. The van der Waals surface area contributed by atoms with Crippen molar-refractivity contribution < 1.29 is 4.74 Å². The van der Waals surface area contributed by atoms with Crippen LogP contribution >= 0.6 is 0 Å². The summed E-state index contributed by atoms with van der Waals surface area (Å²) in [6.07, 6.45) is 6.74. The Balaban J connectivity index is 2.55. The molecule has 0 aliphatic heterocycles. The van der Waals surface area contributed by atoms with E-state index in [4.69, 9.17) is 10.5 Å². The van der Waals surface area contributed by atoms with Gasteiger partial charge >= 0.3 is 0 Å². The van der Waals surface area contributed by atoms with E-state index in [1.54, 1.807) is 7.11 Å². The van der Waals surface area contributed by atoms with Crippen LogP contribution in [0.5, 0.6) is 0 Å². The minimum absolute atomic E-state index is 0.688. The Morgan fingerprint density at radius 3 is 2.62 bits per heavy atom. The molecule has 1 fully saturated rings. The standard InChI is InChI=1S/C13H28N2O/c1-3-15(9-10-16-2)13-8-6-4-5-7-12(13)11-14/h12-13H,3-11,14H2,1-2H3. The predicted molar refractivity (Wildman–Crippen MR) is 68.5 cm³/mol. The summed E-state index contributed by atoms with van der Waals surface area (Å²) in [6.45, 7) is 6.09. The molecule has 1 rings (SSSR count). The molecule has 3 nitrogen and oxygen atoms in total. The number of likely N-dealkylation sites (N-methyl/N-ethyl adjacent to an activating group) is 1. The molecule has 2 N–H and O–H groups in total. The largest absolute Gasteiger partial charge is 0.383 e. The first kappa shape index (κ1) is 13.9. The van der Waals surface area contributed by atoms with Crippen LogP contribution in [0.3, 0.4) is 0 Å². The van der Waals surface area contributed by atoms with Gasteiger partial charge in [0.25, 0.3) is 0 Å². The monoisotopic (exact) mass is 228 g/mol. The Kier molecular flexibility index (Phi) is 7.01. The molecule has 0 aromatic heterocycles. The van der Waals surface area contributed by atoms with Gasteiger partial charge in [-0.05, 0) is 31.8 Å². The maximum absolute atomic E-state index is 5.93. The summed E-state index contributed by atoms with van der Waals surface area (Å²) in [7, 11) is 1.78. The predicted octanol–water partition coefficient (Wildman–Crippen LogP) is 1.86. The van der Waals surface area contributed by atoms with Gasteiger partial charge in [-0.1, -0.05) is 26.2 Å². The summed E-state index contributed by atoms with van der Waals surface area (Å²) in [5.41, 5.74) is 5.93. The van der Waals surface area contributed by atoms with Crippen molar-refractivity contribution in [2.75, 3.05) is 33.4 Å². The first-order valence-corrected chi connectivity index (χ1v) is 6.76. The Labute approximate surface area is 100 Å². The van der Waals surface area contributed by atoms with Crippen LogP contribution in [0.25, 0.3) is 0 Å². The zero-order valence-electron chi connectivity index (χ0n) is 11.0. The van der Waals surface area contributed by atoms with Crippen LogP contribution in [0.1, 0.15) is 39.0 Å². The lowest BCUT2D eigenvalue weighted by Crippen LogP contribution is -2.44. The van der Waals surface area contributed by atoms with E-state index >= 15 is 0 Å². The molecule has 16 heavy (non-hydrogen) atoms. The maximum Gasteiger partial charge on any atom is 0.0589 e. The molecule has 1 aliphatic carbocycles. The highest BCUT2D eigenvalue weighted by molar-refractivity contribution is 4.82. The van der Waals surface area contributed by atoms with E-state index < -0.39 is 0 Å². The van der Waals surface area contributed by atoms with E-state index in [9.17, 15) is 0 Å². The van der Waals surface area contributed by atoms with Gasteiger partial charge in [0.05, 0.1) is 6.61 Å². The van der Waals surface area contributed by atoms with E-state index in [1.807, 2.05) is 0 Å². The van der Waals surface area contributed by atoms with Crippen LogP contribution in [0.4, 0.5) is 0 Å². The van der Waals surface area contributed by atoms with Gasteiger partial charge in [-0.15, -0.1) is 0 Å². The Hall–Kier alpha value is -0.120. The third kappa shape index (κ3) is 4.04. The number of methoxy groups -OCH3 is 1. The zero-order valence-corrected chi connectivity index (χ0v) is 11.0. The number of hydrogen-bond donors (Lipinski definition) is 1. The minimum atomic E-state index is 0.688. The van der Waals surface area contributed by atoms with Crippen molar-refractivity contribution in [3.63, 3.8) is 0 Å².